The number of carbonyl (C=O) groups is 2. The summed E-state index contributed by atoms with van der Waals surface area (Å²) in [4.78, 5) is 23.3. The molecular weight excluding hydrogens is 302 g/mol. The second kappa shape index (κ2) is 12.6. The SMILES string of the molecule is CCCCCCCCCCCC(=O)N[C@@H](C(=O)O)c1ccccc1. The second-order valence-electron chi connectivity index (χ2n) is 6.33. The molecule has 0 unspecified atom stereocenters. The van der Waals surface area contributed by atoms with Gasteiger partial charge in [-0.3, -0.25) is 4.79 Å². The standard InChI is InChI=1S/C20H31NO3/c1-2-3-4-5-6-7-8-9-13-16-18(22)21-19(20(23)24)17-14-11-10-12-15-17/h10-12,14-15,19H,2-9,13,16H2,1H3,(H,21,22)(H,23,24)/t19-/m1/s1. The lowest BCUT2D eigenvalue weighted by molar-refractivity contribution is -0.142. The minimum Gasteiger partial charge on any atom is -0.479 e. The minimum atomic E-state index is -1.03. The molecule has 1 atom stereocenters. The molecule has 0 aliphatic carbocycles. The average Bonchev–Trinajstić information content (AvgIpc) is 2.58. The third kappa shape index (κ3) is 8.70. The number of rotatable bonds is 13. The maximum atomic E-state index is 12.0. The van der Waals surface area contributed by atoms with E-state index in [1.165, 1.54) is 38.5 Å². The van der Waals surface area contributed by atoms with Crippen LogP contribution in [0.5, 0.6) is 0 Å². The van der Waals surface area contributed by atoms with Crippen LogP contribution in [0.3, 0.4) is 0 Å². The molecule has 0 fully saturated rings. The van der Waals surface area contributed by atoms with Crippen molar-refractivity contribution in [1.82, 2.24) is 5.32 Å². The highest BCUT2D eigenvalue weighted by atomic mass is 16.4. The molecule has 0 aromatic heterocycles. The number of amides is 1. The van der Waals surface area contributed by atoms with Gasteiger partial charge in [0.25, 0.3) is 0 Å². The molecule has 2 N–H and O–H groups in total. The zero-order valence-corrected chi connectivity index (χ0v) is 14.8. The van der Waals surface area contributed by atoms with E-state index in [4.69, 9.17) is 0 Å². The van der Waals surface area contributed by atoms with Gasteiger partial charge in [-0.2, -0.15) is 0 Å². The largest absolute Gasteiger partial charge is 0.479 e. The predicted molar refractivity (Wildman–Crippen MR) is 96.8 cm³/mol. The molecule has 0 saturated carbocycles. The quantitative estimate of drug-likeness (QED) is 0.507. The second-order valence-corrected chi connectivity index (χ2v) is 6.33. The summed E-state index contributed by atoms with van der Waals surface area (Å²) in [5.41, 5.74) is 0.602. The molecular formula is C20H31NO3. The van der Waals surface area contributed by atoms with Crippen LogP contribution in [0.4, 0.5) is 0 Å². The number of hydrogen-bond donors (Lipinski definition) is 2. The highest BCUT2D eigenvalue weighted by Crippen LogP contribution is 2.14. The van der Waals surface area contributed by atoms with Crippen LogP contribution in [-0.2, 0) is 9.59 Å². The summed E-state index contributed by atoms with van der Waals surface area (Å²) in [6, 6.07) is 7.86. The van der Waals surface area contributed by atoms with E-state index >= 15 is 0 Å². The van der Waals surface area contributed by atoms with Crippen molar-refractivity contribution >= 4 is 11.9 Å². The molecule has 0 heterocycles. The van der Waals surface area contributed by atoms with Gasteiger partial charge >= 0.3 is 5.97 Å². The zero-order chi connectivity index (χ0) is 17.6. The molecule has 1 aromatic rings. The summed E-state index contributed by atoms with van der Waals surface area (Å²) >= 11 is 0. The Balaban J connectivity index is 2.17. The topological polar surface area (TPSA) is 66.4 Å². The lowest BCUT2D eigenvalue weighted by atomic mass is 10.1. The molecule has 0 saturated heterocycles. The normalized spacial score (nSPS) is 11.9. The van der Waals surface area contributed by atoms with Crippen LogP contribution in [-0.4, -0.2) is 17.0 Å². The molecule has 0 aliphatic heterocycles. The van der Waals surface area contributed by atoms with E-state index in [9.17, 15) is 14.7 Å². The maximum Gasteiger partial charge on any atom is 0.330 e. The molecule has 4 heteroatoms. The Hall–Kier alpha value is -1.84. The van der Waals surface area contributed by atoms with E-state index in [0.717, 1.165) is 19.3 Å². The summed E-state index contributed by atoms with van der Waals surface area (Å²) in [7, 11) is 0. The van der Waals surface area contributed by atoms with E-state index in [-0.39, 0.29) is 5.91 Å². The summed E-state index contributed by atoms with van der Waals surface area (Å²) in [6.45, 7) is 2.22. The fraction of sp³-hybridized carbons (Fsp3) is 0.600. The van der Waals surface area contributed by atoms with Crippen molar-refractivity contribution in [1.29, 1.82) is 0 Å². The molecule has 4 nitrogen and oxygen atoms in total. The Morgan fingerprint density at radius 1 is 0.917 bits per heavy atom. The Labute approximate surface area is 145 Å². The van der Waals surface area contributed by atoms with Gasteiger partial charge in [-0.25, -0.2) is 4.79 Å². The van der Waals surface area contributed by atoms with Gasteiger partial charge in [0.2, 0.25) is 5.91 Å². The third-order valence-corrected chi connectivity index (χ3v) is 4.19. The first-order valence-corrected chi connectivity index (χ1v) is 9.22. The number of nitrogens with one attached hydrogen (secondary N) is 1. The van der Waals surface area contributed by atoms with Crippen molar-refractivity contribution in [3.63, 3.8) is 0 Å². The van der Waals surface area contributed by atoms with Gasteiger partial charge in [-0.15, -0.1) is 0 Å². The van der Waals surface area contributed by atoms with Gasteiger partial charge in [-0.05, 0) is 12.0 Å². The first-order valence-electron chi connectivity index (χ1n) is 9.22. The smallest absolute Gasteiger partial charge is 0.330 e. The predicted octanol–water partition coefficient (Wildman–Crippen LogP) is 4.85. The Bertz CT molecular complexity index is 473. The number of carboxylic acids is 1. The number of hydrogen-bond acceptors (Lipinski definition) is 2. The molecule has 1 aromatic carbocycles. The Morgan fingerprint density at radius 2 is 1.46 bits per heavy atom. The van der Waals surface area contributed by atoms with Crippen LogP contribution >= 0.6 is 0 Å². The minimum absolute atomic E-state index is 0.186. The summed E-state index contributed by atoms with van der Waals surface area (Å²) in [6.07, 6.45) is 11.1. The highest BCUT2D eigenvalue weighted by Gasteiger charge is 2.21. The number of benzene rings is 1. The molecule has 24 heavy (non-hydrogen) atoms. The van der Waals surface area contributed by atoms with Crippen molar-refractivity contribution in [2.75, 3.05) is 0 Å². The average molecular weight is 333 g/mol. The lowest BCUT2D eigenvalue weighted by Crippen LogP contribution is -2.33. The molecule has 1 amide bonds. The summed E-state index contributed by atoms with van der Waals surface area (Å²) in [5.74, 6) is -1.21. The van der Waals surface area contributed by atoms with E-state index < -0.39 is 12.0 Å². The highest BCUT2D eigenvalue weighted by molar-refractivity contribution is 5.84. The molecule has 0 spiro atoms. The van der Waals surface area contributed by atoms with Crippen molar-refractivity contribution in [3.05, 3.63) is 35.9 Å². The van der Waals surface area contributed by atoms with E-state index in [0.29, 0.717) is 12.0 Å². The first kappa shape index (κ1) is 20.2. The van der Waals surface area contributed by atoms with Gasteiger partial charge in [0.1, 0.15) is 0 Å². The maximum absolute atomic E-state index is 12.0. The molecule has 134 valence electrons. The van der Waals surface area contributed by atoms with Crippen LogP contribution in [0.15, 0.2) is 30.3 Å². The Morgan fingerprint density at radius 3 is 2.00 bits per heavy atom. The van der Waals surface area contributed by atoms with E-state index in [1.54, 1.807) is 24.3 Å². The summed E-state index contributed by atoms with van der Waals surface area (Å²) < 4.78 is 0. The number of carboxylic acid groups (broad SMARTS) is 1. The fourth-order valence-corrected chi connectivity index (χ4v) is 2.76. The molecule has 0 bridgehead atoms. The van der Waals surface area contributed by atoms with Crippen molar-refractivity contribution in [2.24, 2.45) is 0 Å². The molecule has 0 aliphatic rings. The first-order chi connectivity index (χ1) is 11.6. The van der Waals surface area contributed by atoms with Crippen LogP contribution in [0, 0.1) is 0 Å². The fourth-order valence-electron chi connectivity index (χ4n) is 2.76. The van der Waals surface area contributed by atoms with Gasteiger partial charge in [-0.1, -0.05) is 88.6 Å². The van der Waals surface area contributed by atoms with Crippen LogP contribution in [0.1, 0.15) is 82.7 Å². The van der Waals surface area contributed by atoms with Crippen molar-refractivity contribution in [3.8, 4) is 0 Å². The molecule has 1 rings (SSSR count). The monoisotopic (exact) mass is 333 g/mol. The van der Waals surface area contributed by atoms with E-state index in [2.05, 4.69) is 12.2 Å². The molecule has 0 radical (unpaired) electrons. The van der Waals surface area contributed by atoms with Gasteiger partial charge < -0.3 is 10.4 Å². The third-order valence-electron chi connectivity index (χ3n) is 4.19. The summed E-state index contributed by atoms with van der Waals surface area (Å²) in [5, 5.41) is 11.9. The van der Waals surface area contributed by atoms with E-state index in [1.807, 2.05) is 6.07 Å². The number of aliphatic carboxylic acids is 1. The van der Waals surface area contributed by atoms with Gasteiger partial charge in [0, 0.05) is 6.42 Å². The van der Waals surface area contributed by atoms with Gasteiger partial charge in [0.05, 0.1) is 0 Å². The Kier molecular flexibility index (Phi) is 10.6. The van der Waals surface area contributed by atoms with Crippen molar-refractivity contribution in [2.45, 2.75) is 77.2 Å². The number of carbonyl (C=O) groups excluding carboxylic acids is 1. The number of unbranched alkanes of at least 4 members (excludes halogenated alkanes) is 8. The van der Waals surface area contributed by atoms with Crippen LogP contribution in [0.25, 0.3) is 0 Å². The van der Waals surface area contributed by atoms with Gasteiger partial charge in [0.15, 0.2) is 6.04 Å². The zero-order valence-electron chi connectivity index (χ0n) is 14.8. The van der Waals surface area contributed by atoms with Crippen molar-refractivity contribution < 1.29 is 14.7 Å². The van der Waals surface area contributed by atoms with Crippen LogP contribution < -0.4 is 5.32 Å². The lowest BCUT2D eigenvalue weighted by Gasteiger charge is -2.14. The van der Waals surface area contributed by atoms with Crippen LogP contribution in [0.2, 0.25) is 0 Å².